The van der Waals surface area contributed by atoms with Gasteiger partial charge < -0.3 is 29.2 Å². The third kappa shape index (κ3) is 4.51. The Morgan fingerprint density at radius 2 is 1.77 bits per heavy atom. The highest BCUT2D eigenvalue weighted by molar-refractivity contribution is 6.03. The number of ether oxygens (including phenoxy) is 4. The Morgan fingerprint density at radius 3 is 2.40 bits per heavy atom. The molecular weight excluding hydrogens is 560 g/mol. The molecule has 2 bridgehead atoms. The summed E-state index contributed by atoms with van der Waals surface area (Å²) in [5.41, 5.74) is -5.84. The number of benzene rings is 1. The molecule has 1 spiro atoms. The minimum atomic E-state index is -2.34. The van der Waals surface area contributed by atoms with Crippen molar-refractivity contribution in [2.45, 2.75) is 83.4 Å². The van der Waals surface area contributed by atoms with Crippen molar-refractivity contribution in [2.24, 2.45) is 16.7 Å². The largest absolute Gasteiger partial charge is 0.509 e. The molecule has 11 heteroatoms. The summed E-state index contributed by atoms with van der Waals surface area (Å²) < 4.78 is 22.9. The standard InChI is InChI=1S/C32H36O11/c1-17-20(35)15-32-27(42-28(38)43-32)25-30(5,26(37)24(40-18(2)34)23(17)29(32,3)4)14-13-21(31(25,39)16-33)41-22(36)12-11-19-9-7-6-8-10-19/h6-12,21,24-25,27,33,39H,13-16H2,1-5H3/b12-11+/t21-,24+,25?,27-,30+,31?,32+/m0/s1. The fourth-order valence-electron chi connectivity index (χ4n) is 7.79. The second-order valence-electron chi connectivity index (χ2n) is 12.7. The molecule has 2 saturated carbocycles. The third-order valence-electron chi connectivity index (χ3n) is 10.0. The molecule has 5 rings (SSSR count). The van der Waals surface area contributed by atoms with E-state index in [4.69, 9.17) is 18.9 Å². The van der Waals surface area contributed by atoms with Crippen LogP contribution in [-0.2, 0) is 38.1 Å². The molecule has 0 aromatic heterocycles. The van der Waals surface area contributed by atoms with Gasteiger partial charge in [-0.15, -0.1) is 0 Å². The summed E-state index contributed by atoms with van der Waals surface area (Å²) >= 11 is 0. The molecular formula is C32H36O11. The zero-order valence-corrected chi connectivity index (χ0v) is 24.7. The van der Waals surface area contributed by atoms with Crippen LogP contribution in [0.5, 0.6) is 0 Å². The van der Waals surface area contributed by atoms with E-state index in [9.17, 15) is 34.2 Å². The summed E-state index contributed by atoms with van der Waals surface area (Å²) in [5, 5.41) is 23.1. The van der Waals surface area contributed by atoms with Gasteiger partial charge in [-0.25, -0.2) is 9.59 Å². The number of fused-ring (bicyclic) bond motifs is 3. The number of Topliss-reactive ketones (excluding diaryl/α,β-unsaturated/α-hetero) is 2. The molecule has 1 aromatic carbocycles. The fourth-order valence-corrected chi connectivity index (χ4v) is 7.79. The molecule has 0 amide bonds. The van der Waals surface area contributed by atoms with E-state index in [0.29, 0.717) is 0 Å². The lowest BCUT2D eigenvalue weighted by Gasteiger charge is -2.60. The minimum absolute atomic E-state index is 0.00174. The SMILES string of the molecule is CC(=O)O[C@H]1C(=O)[C@]2(C)CC[C@H](OC(=O)/C=C/c3ccccc3)C(O)(CO)C2[C@@H]2OC(=O)O[C@]23CC(=O)C(C)=C1C3(C)C. The second kappa shape index (κ2) is 10.4. The first-order valence-electron chi connectivity index (χ1n) is 14.2. The van der Waals surface area contributed by atoms with Crippen molar-refractivity contribution in [3.8, 4) is 0 Å². The van der Waals surface area contributed by atoms with Crippen LogP contribution in [0.2, 0.25) is 0 Å². The lowest BCUT2D eigenvalue weighted by molar-refractivity contribution is -0.246. The van der Waals surface area contributed by atoms with Gasteiger partial charge >= 0.3 is 18.1 Å². The Bertz CT molecular complexity index is 1440. The highest BCUT2D eigenvalue weighted by Crippen LogP contribution is 2.64. The van der Waals surface area contributed by atoms with Gasteiger partial charge in [0.15, 0.2) is 29.4 Å². The smallest absolute Gasteiger partial charge is 0.456 e. The van der Waals surface area contributed by atoms with Crippen molar-refractivity contribution in [1.29, 1.82) is 0 Å². The van der Waals surface area contributed by atoms with Gasteiger partial charge in [0.2, 0.25) is 0 Å². The van der Waals surface area contributed by atoms with E-state index in [1.54, 1.807) is 38.1 Å². The molecule has 4 aliphatic rings. The number of esters is 2. The van der Waals surface area contributed by atoms with Gasteiger partial charge in [0.25, 0.3) is 0 Å². The molecule has 1 saturated heterocycles. The Morgan fingerprint density at radius 1 is 1.09 bits per heavy atom. The van der Waals surface area contributed by atoms with Gasteiger partial charge in [0, 0.05) is 29.7 Å². The van der Waals surface area contributed by atoms with E-state index < -0.39 is 82.5 Å². The van der Waals surface area contributed by atoms with E-state index in [1.807, 2.05) is 6.07 Å². The number of rotatable bonds is 5. The van der Waals surface area contributed by atoms with Crippen LogP contribution in [-0.4, -0.2) is 76.0 Å². The molecule has 2 unspecified atom stereocenters. The molecule has 1 heterocycles. The van der Waals surface area contributed by atoms with Gasteiger partial charge in [0.1, 0.15) is 11.7 Å². The topological polar surface area (TPSA) is 163 Å². The molecule has 1 aliphatic heterocycles. The molecule has 230 valence electrons. The van der Waals surface area contributed by atoms with Crippen LogP contribution >= 0.6 is 0 Å². The summed E-state index contributed by atoms with van der Waals surface area (Å²) in [6.07, 6.45) is -3.09. The zero-order chi connectivity index (χ0) is 31.5. The van der Waals surface area contributed by atoms with Crippen LogP contribution in [0.1, 0.15) is 59.4 Å². The first kappa shape index (κ1) is 30.6. The molecule has 7 atom stereocenters. The number of ketones is 2. The van der Waals surface area contributed by atoms with Crippen LogP contribution in [0.15, 0.2) is 47.6 Å². The van der Waals surface area contributed by atoms with Gasteiger partial charge in [0.05, 0.1) is 13.0 Å². The molecule has 3 aliphatic carbocycles. The quantitative estimate of drug-likeness (QED) is 0.292. The van der Waals surface area contributed by atoms with Crippen LogP contribution < -0.4 is 0 Å². The molecule has 3 fully saturated rings. The van der Waals surface area contributed by atoms with E-state index >= 15 is 0 Å². The number of carbonyl (C=O) groups excluding carboxylic acids is 5. The van der Waals surface area contributed by atoms with E-state index in [1.165, 1.54) is 26.0 Å². The number of hydrogen-bond acceptors (Lipinski definition) is 11. The number of hydrogen-bond donors (Lipinski definition) is 2. The van der Waals surface area contributed by atoms with Gasteiger partial charge in [-0.1, -0.05) is 51.1 Å². The van der Waals surface area contributed by atoms with Gasteiger partial charge in [-0.2, -0.15) is 0 Å². The number of allylic oxidation sites excluding steroid dienone is 1. The van der Waals surface area contributed by atoms with Crippen LogP contribution in [0, 0.1) is 16.7 Å². The third-order valence-corrected chi connectivity index (χ3v) is 10.0. The molecule has 2 N–H and O–H groups in total. The predicted octanol–water partition coefficient (Wildman–Crippen LogP) is 2.86. The van der Waals surface area contributed by atoms with E-state index in [0.717, 1.165) is 12.5 Å². The highest BCUT2D eigenvalue weighted by atomic mass is 16.8. The van der Waals surface area contributed by atoms with E-state index in [-0.39, 0.29) is 30.4 Å². The van der Waals surface area contributed by atoms with Crippen molar-refractivity contribution >= 4 is 35.7 Å². The highest BCUT2D eigenvalue weighted by Gasteiger charge is 2.76. The Labute approximate surface area is 248 Å². The van der Waals surface area contributed by atoms with Gasteiger partial charge in [-0.3, -0.25) is 14.4 Å². The maximum absolute atomic E-state index is 14.6. The molecule has 43 heavy (non-hydrogen) atoms. The predicted molar refractivity (Wildman–Crippen MR) is 149 cm³/mol. The summed E-state index contributed by atoms with van der Waals surface area (Å²) in [6.45, 7) is 6.54. The zero-order valence-electron chi connectivity index (χ0n) is 24.7. The lowest BCUT2D eigenvalue weighted by atomic mass is 9.46. The fraction of sp³-hybridized carbons (Fsp3) is 0.531. The second-order valence-corrected chi connectivity index (χ2v) is 12.7. The average molecular weight is 597 g/mol. The average Bonchev–Trinajstić information content (AvgIpc) is 3.27. The molecule has 11 nitrogen and oxygen atoms in total. The number of aliphatic hydroxyl groups is 2. The summed E-state index contributed by atoms with van der Waals surface area (Å²) in [6, 6.07) is 8.99. The maximum atomic E-state index is 14.6. The van der Waals surface area contributed by atoms with Crippen LogP contribution in [0.3, 0.4) is 0 Å². The van der Waals surface area contributed by atoms with Crippen molar-refractivity contribution in [2.75, 3.05) is 6.61 Å². The van der Waals surface area contributed by atoms with E-state index in [2.05, 4.69) is 0 Å². The molecule has 0 radical (unpaired) electrons. The Kier molecular flexibility index (Phi) is 7.41. The van der Waals surface area contributed by atoms with Crippen LogP contribution in [0.25, 0.3) is 6.08 Å². The first-order chi connectivity index (χ1) is 20.1. The van der Waals surface area contributed by atoms with Crippen molar-refractivity contribution in [3.05, 3.63) is 53.1 Å². The minimum Gasteiger partial charge on any atom is -0.456 e. The summed E-state index contributed by atoms with van der Waals surface area (Å²) in [4.78, 5) is 66.2. The van der Waals surface area contributed by atoms with Crippen LogP contribution in [0.4, 0.5) is 4.79 Å². The number of aliphatic hydroxyl groups excluding tert-OH is 1. The molecule has 1 aromatic rings. The van der Waals surface area contributed by atoms with Crippen molar-refractivity contribution in [1.82, 2.24) is 0 Å². The number of carbonyl (C=O) groups is 5. The Hall–Kier alpha value is -3.83. The summed E-state index contributed by atoms with van der Waals surface area (Å²) in [7, 11) is 0. The van der Waals surface area contributed by atoms with Crippen molar-refractivity contribution < 1.29 is 53.1 Å². The summed E-state index contributed by atoms with van der Waals surface area (Å²) in [5.74, 6) is -4.10. The lowest BCUT2D eigenvalue weighted by Crippen LogP contribution is -2.74. The maximum Gasteiger partial charge on any atom is 0.509 e. The van der Waals surface area contributed by atoms with Crippen molar-refractivity contribution in [3.63, 3.8) is 0 Å². The Balaban J connectivity index is 1.65. The monoisotopic (exact) mass is 596 g/mol. The first-order valence-corrected chi connectivity index (χ1v) is 14.2. The van der Waals surface area contributed by atoms with Gasteiger partial charge in [-0.05, 0) is 42.6 Å². The normalized spacial score (nSPS) is 36.6.